The number of amides is 2. The summed E-state index contributed by atoms with van der Waals surface area (Å²) in [6.45, 7) is 10.2. The zero-order chi connectivity index (χ0) is 24.9. The molecule has 1 aromatic carbocycles. The number of piperidine rings is 1. The average molecular weight is 470 g/mol. The van der Waals surface area contributed by atoms with E-state index in [1.807, 2.05) is 18.2 Å². The number of anilines is 2. The molecule has 0 atom stereocenters. The zero-order valence-electron chi connectivity index (χ0n) is 20.9. The van der Waals surface area contributed by atoms with Crippen LogP contribution in [0.2, 0.25) is 0 Å². The third kappa shape index (κ3) is 6.44. The van der Waals surface area contributed by atoms with Gasteiger partial charge in [-0.2, -0.15) is 0 Å². The van der Waals surface area contributed by atoms with Crippen molar-refractivity contribution in [3.8, 4) is 0 Å². The molecule has 9 nitrogen and oxygen atoms in total. The molecule has 0 spiro atoms. The van der Waals surface area contributed by atoms with E-state index in [1.54, 1.807) is 46.6 Å². The van der Waals surface area contributed by atoms with E-state index >= 15 is 0 Å². The number of hydrogen-bond donors (Lipinski definition) is 0. The molecular weight excluding hydrogens is 434 g/mol. The first-order valence-electron chi connectivity index (χ1n) is 11.6. The van der Waals surface area contributed by atoms with Gasteiger partial charge in [0.15, 0.2) is 6.61 Å². The normalized spacial score (nSPS) is 14.6. The Labute approximate surface area is 201 Å². The van der Waals surface area contributed by atoms with Crippen LogP contribution in [0.1, 0.15) is 45.0 Å². The lowest BCUT2D eigenvalue weighted by Gasteiger charge is -2.38. The SMILES string of the molecule is Cc1ncnc(C)c1N(OCC(=O)N(C)C1CCN(c2ccccc2)CC1)C(=O)OC(C)(C)C. The maximum Gasteiger partial charge on any atom is 0.439 e. The van der Waals surface area contributed by atoms with Gasteiger partial charge in [0.1, 0.15) is 17.6 Å². The van der Waals surface area contributed by atoms with E-state index in [1.165, 1.54) is 12.0 Å². The molecule has 34 heavy (non-hydrogen) atoms. The summed E-state index contributed by atoms with van der Waals surface area (Å²) in [4.78, 5) is 44.0. The van der Waals surface area contributed by atoms with Crippen LogP contribution >= 0.6 is 0 Å². The molecule has 3 rings (SSSR count). The number of ether oxygens (including phenoxy) is 1. The molecule has 184 valence electrons. The number of nitrogens with zero attached hydrogens (tertiary/aromatic N) is 5. The first-order valence-corrected chi connectivity index (χ1v) is 11.6. The van der Waals surface area contributed by atoms with Crippen LogP contribution in [0.4, 0.5) is 16.2 Å². The number of likely N-dealkylation sites (N-methyl/N-ethyl adjacent to an activating group) is 1. The number of aromatic nitrogens is 2. The average Bonchev–Trinajstić information content (AvgIpc) is 2.79. The van der Waals surface area contributed by atoms with Crippen LogP contribution in [0.25, 0.3) is 0 Å². The first kappa shape index (κ1) is 25.4. The van der Waals surface area contributed by atoms with Crippen LogP contribution in [0.5, 0.6) is 0 Å². The van der Waals surface area contributed by atoms with Gasteiger partial charge in [0.2, 0.25) is 0 Å². The van der Waals surface area contributed by atoms with Crippen LogP contribution in [-0.2, 0) is 14.4 Å². The van der Waals surface area contributed by atoms with Gasteiger partial charge in [0.05, 0.1) is 11.4 Å². The Kier molecular flexibility index (Phi) is 8.09. The summed E-state index contributed by atoms with van der Waals surface area (Å²) in [5.41, 5.74) is 1.94. The fraction of sp³-hybridized carbons (Fsp3) is 0.520. The predicted molar refractivity (Wildman–Crippen MR) is 131 cm³/mol. The molecule has 2 aromatic rings. The second-order valence-electron chi connectivity index (χ2n) is 9.50. The van der Waals surface area contributed by atoms with Gasteiger partial charge in [-0.3, -0.25) is 9.63 Å². The molecule has 1 aromatic heterocycles. The number of rotatable bonds is 6. The molecule has 1 aliphatic heterocycles. The molecular formula is C25H35N5O4. The van der Waals surface area contributed by atoms with Gasteiger partial charge in [-0.1, -0.05) is 18.2 Å². The van der Waals surface area contributed by atoms with E-state index in [0.29, 0.717) is 17.1 Å². The molecule has 0 radical (unpaired) electrons. The number of benzene rings is 1. The fourth-order valence-electron chi connectivity index (χ4n) is 3.97. The van der Waals surface area contributed by atoms with Gasteiger partial charge in [-0.15, -0.1) is 5.06 Å². The minimum Gasteiger partial charge on any atom is -0.442 e. The lowest BCUT2D eigenvalue weighted by atomic mass is 10.0. The number of para-hydroxylation sites is 1. The molecule has 1 saturated heterocycles. The third-order valence-corrected chi connectivity index (χ3v) is 5.79. The maximum atomic E-state index is 13.0. The minimum atomic E-state index is -0.732. The van der Waals surface area contributed by atoms with E-state index in [2.05, 4.69) is 27.0 Å². The highest BCUT2D eigenvalue weighted by molar-refractivity contribution is 5.87. The second kappa shape index (κ2) is 10.8. The van der Waals surface area contributed by atoms with E-state index in [4.69, 9.17) is 9.57 Å². The second-order valence-corrected chi connectivity index (χ2v) is 9.50. The van der Waals surface area contributed by atoms with Crippen molar-refractivity contribution in [1.82, 2.24) is 14.9 Å². The summed E-state index contributed by atoms with van der Waals surface area (Å²) >= 11 is 0. The Morgan fingerprint density at radius 3 is 2.21 bits per heavy atom. The highest BCUT2D eigenvalue weighted by atomic mass is 16.7. The van der Waals surface area contributed by atoms with Crippen molar-refractivity contribution in [3.05, 3.63) is 48.0 Å². The summed E-state index contributed by atoms with van der Waals surface area (Å²) in [7, 11) is 1.79. The van der Waals surface area contributed by atoms with Crippen LogP contribution in [-0.4, -0.2) is 65.3 Å². The summed E-state index contributed by atoms with van der Waals surface area (Å²) < 4.78 is 5.50. The Morgan fingerprint density at radius 1 is 1.06 bits per heavy atom. The summed E-state index contributed by atoms with van der Waals surface area (Å²) in [5.74, 6) is -0.209. The molecule has 0 bridgehead atoms. The van der Waals surface area contributed by atoms with Crippen LogP contribution in [0, 0.1) is 13.8 Å². The van der Waals surface area contributed by atoms with Crippen molar-refractivity contribution in [3.63, 3.8) is 0 Å². The van der Waals surface area contributed by atoms with Gasteiger partial charge in [0, 0.05) is 31.9 Å². The number of aryl methyl sites for hydroxylation is 2. The lowest BCUT2D eigenvalue weighted by Crippen LogP contribution is -2.47. The Hall–Kier alpha value is -3.20. The standard InChI is InChI=1S/C25H35N5O4/c1-18-23(19(2)27-17-26-18)30(24(32)34-25(3,4)5)33-16-22(31)28(6)20-12-14-29(15-13-20)21-10-8-7-9-11-21/h7-11,17,20H,12-16H2,1-6H3. The number of hydroxylamine groups is 1. The van der Waals surface area contributed by atoms with Crippen molar-refractivity contribution in [2.45, 2.75) is 59.1 Å². The topological polar surface area (TPSA) is 88.1 Å². The molecule has 2 heterocycles. The predicted octanol–water partition coefficient (Wildman–Crippen LogP) is 3.89. The van der Waals surface area contributed by atoms with E-state index in [0.717, 1.165) is 31.0 Å². The van der Waals surface area contributed by atoms with Gasteiger partial charge in [-0.05, 0) is 59.6 Å². The van der Waals surface area contributed by atoms with Crippen molar-refractivity contribution in [1.29, 1.82) is 0 Å². The molecule has 2 amide bonds. The van der Waals surface area contributed by atoms with Crippen molar-refractivity contribution in [2.75, 3.05) is 36.7 Å². The van der Waals surface area contributed by atoms with Gasteiger partial charge >= 0.3 is 6.09 Å². The van der Waals surface area contributed by atoms with Crippen molar-refractivity contribution < 1.29 is 19.2 Å². The van der Waals surface area contributed by atoms with E-state index in [9.17, 15) is 9.59 Å². The lowest BCUT2D eigenvalue weighted by molar-refractivity contribution is -0.137. The Bertz CT molecular complexity index is 964. The van der Waals surface area contributed by atoms with Gasteiger partial charge in [0.25, 0.3) is 5.91 Å². The molecule has 0 N–H and O–H groups in total. The quantitative estimate of drug-likeness (QED) is 0.593. The molecule has 1 aliphatic rings. The summed E-state index contributed by atoms with van der Waals surface area (Å²) in [6.07, 6.45) is 2.41. The number of carbonyl (C=O) groups is 2. The Balaban J connectivity index is 1.64. The number of hydrogen-bond acceptors (Lipinski definition) is 7. The maximum absolute atomic E-state index is 13.0. The molecule has 1 fully saturated rings. The summed E-state index contributed by atoms with van der Waals surface area (Å²) in [5, 5.41) is 1.000. The molecule has 0 unspecified atom stereocenters. The van der Waals surface area contributed by atoms with E-state index in [-0.39, 0.29) is 18.6 Å². The third-order valence-electron chi connectivity index (χ3n) is 5.79. The summed E-state index contributed by atoms with van der Waals surface area (Å²) in [6, 6.07) is 10.4. The largest absolute Gasteiger partial charge is 0.442 e. The number of carbonyl (C=O) groups excluding carboxylic acids is 2. The van der Waals surface area contributed by atoms with Crippen LogP contribution in [0.3, 0.4) is 0 Å². The highest BCUT2D eigenvalue weighted by Crippen LogP contribution is 2.25. The van der Waals surface area contributed by atoms with Crippen molar-refractivity contribution in [2.24, 2.45) is 0 Å². The minimum absolute atomic E-state index is 0.106. The van der Waals surface area contributed by atoms with Gasteiger partial charge in [-0.25, -0.2) is 14.8 Å². The zero-order valence-corrected chi connectivity index (χ0v) is 20.9. The van der Waals surface area contributed by atoms with E-state index < -0.39 is 11.7 Å². The Morgan fingerprint density at radius 2 is 1.65 bits per heavy atom. The van der Waals surface area contributed by atoms with Crippen LogP contribution < -0.4 is 9.96 Å². The smallest absolute Gasteiger partial charge is 0.439 e. The van der Waals surface area contributed by atoms with Crippen LogP contribution in [0.15, 0.2) is 36.7 Å². The van der Waals surface area contributed by atoms with Crippen molar-refractivity contribution >= 4 is 23.4 Å². The molecule has 0 saturated carbocycles. The highest BCUT2D eigenvalue weighted by Gasteiger charge is 2.30. The fourth-order valence-corrected chi connectivity index (χ4v) is 3.97. The molecule has 9 heteroatoms. The first-order chi connectivity index (χ1) is 16.1. The van der Waals surface area contributed by atoms with Gasteiger partial charge < -0.3 is 14.5 Å². The molecule has 0 aliphatic carbocycles. The monoisotopic (exact) mass is 469 g/mol.